The minimum absolute atomic E-state index is 0.792. The molecule has 0 aromatic rings. The Hall–Kier alpha value is 0.381. The molecular formula is C19H39BSiSn. The van der Waals surface area contributed by atoms with E-state index in [1.54, 1.807) is 0 Å². The predicted molar refractivity (Wildman–Crippen MR) is 112 cm³/mol. The van der Waals surface area contributed by atoms with Crippen LogP contribution in [0, 0.1) is 11.5 Å². The van der Waals surface area contributed by atoms with Crippen LogP contribution in [0.4, 0.5) is 0 Å². The van der Waals surface area contributed by atoms with Gasteiger partial charge in [0, 0.05) is 0 Å². The first kappa shape index (κ1) is 22.4. The van der Waals surface area contributed by atoms with E-state index in [0.717, 1.165) is 13.1 Å². The van der Waals surface area contributed by atoms with Crippen molar-refractivity contribution < 1.29 is 0 Å². The molecule has 0 heterocycles. The summed E-state index contributed by atoms with van der Waals surface area (Å²) in [6.45, 7) is 15.2. The van der Waals surface area contributed by atoms with Crippen LogP contribution < -0.4 is 0 Å². The van der Waals surface area contributed by atoms with Crippen LogP contribution in [0.2, 0.25) is 40.6 Å². The second-order valence-corrected chi connectivity index (χ2v) is 27.7. The van der Waals surface area contributed by atoms with Gasteiger partial charge in [0.05, 0.1) is 0 Å². The summed E-state index contributed by atoms with van der Waals surface area (Å²) in [7, 11) is -1.59. The average molecular weight is 425 g/mol. The van der Waals surface area contributed by atoms with Gasteiger partial charge >= 0.3 is 147 Å². The summed E-state index contributed by atoms with van der Waals surface area (Å²) >= 11 is -2.14. The van der Waals surface area contributed by atoms with E-state index in [4.69, 9.17) is 0 Å². The van der Waals surface area contributed by atoms with Crippen LogP contribution in [-0.2, 0) is 0 Å². The van der Waals surface area contributed by atoms with Crippen molar-refractivity contribution in [3.63, 3.8) is 0 Å². The minimum atomic E-state index is -2.14. The molecule has 0 saturated heterocycles. The van der Waals surface area contributed by atoms with E-state index in [-0.39, 0.29) is 0 Å². The Kier molecular flexibility index (Phi) is 10.5. The summed E-state index contributed by atoms with van der Waals surface area (Å²) in [6.07, 6.45) is 7.42. The third-order valence-corrected chi connectivity index (χ3v) is 22.6. The molecule has 0 aromatic heterocycles. The third kappa shape index (κ3) is 6.87. The predicted octanol–water partition coefficient (Wildman–Crippen LogP) is 6.62. The second kappa shape index (κ2) is 10.3. The van der Waals surface area contributed by atoms with Gasteiger partial charge in [0.1, 0.15) is 0 Å². The van der Waals surface area contributed by atoms with Crippen molar-refractivity contribution in [3.05, 3.63) is 8.68 Å². The molecule has 0 aromatic carbocycles. The van der Waals surface area contributed by atoms with Crippen LogP contribution in [0.3, 0.4) is 0 Å². The van der Waals surface area contributed by atoms with E-state index < -0.39 is 26.5 Å². The van der Waals surface area contributed by atoms with Gasteiger partial charge in [-0.3, -0.25) is 0 Å². The molecule has 0 bridgehead atoms. The summed E-state index contributed by atoms with van der Waals surface area (Å²) in [5.41, 5.74) is 5.62. The van der Waals surface area contributed by atoms with Gasteiger partial charge < -0.3 is 0 Å². The van der Waals surface area contributed by atoms with Crippen LogP contribution in [0.25, 0.3) is 0 Å². The zero-order valence-corrected chi connectivity index (χ0v) is 20.7. The van der Waals surface area contributed by atoms with Crippen LogP contribution in [0.5, 0.6) is 0 Å². The molecule has 126 valence electrons. The molecule has 0 aliphatic rings. The molecule has 0 saturated carbocycles. The second-order valence-electron chi connectivity index (χ2n) is 8.05. The summed E-state index contributed by atoms with van der Waals surface area (Å²) in [4.78, 5) is 7.81. The Morgan fingerprint density at radius 1 is 1.00 bits per heavy atom. The Morgan fingerprint density at radius 3 is 1.91 bits per heavy atom. The van der Waals surface area contributed by atoms with Crippen molar-refractivity contribution in [3.8, 4) is 11.5 Å². The fourth-order valence-corrected chi connectivity index (χ4v) is 28.1. The zero-order valence-electron chi connectivity index (χ0n) is 16.8. The summed E-state index contributed by atoms with van der Waals surface area (Å²) in [5.74, 6) is 3.54. The zero-order chi connectivity index (χ0) is 17.4. The fraction of sp³-hybridized carbons (Fsp3) is 0.789. The molecule has 0 aliphatic heterocycles. The number of hydrogen-bond acceptors (Lipinski definition) is 0. The molecule has 3 heteroatoms. The van der Waals surface area contributed by atoms with Gasteiger partial charge in [-0.25, -0.2) is 0 Å². The van der Waals surface area contributed by atoms with Crippen molar-refractivity contribution in [2.45, 2.75) is 93.9 Å². The quantitative estimate of drug-likeness (QED) is 0.233. The Bertz CT molecular complexity index is 417. The van der Waals surface area contributed by atoms with Crippen molar-refractivity contribution >= 4 is 33.2 Å². The molecule has 0 N–H and O–H groups in total. The van der Waals surface area contributed by atoms with Crippen LogP contribution in [0.15, 0.2) is 8.68 Å². The summed E-state index contributed by atoms with van der Waals surface area (Å²) in [6, 6.07) is 0. The maximum absolute atomic E-state index is 3.80. The van der Waals surface area contributed by atoms with Crippen molar-refractivity contribution in [1.82, 2.24) is 0 Å². The van der Waals surface area contributed by atoms with E-state index in [1.165, 1.54) is 31.9 Å². The Labute approximate surface area is 146 Å². The molecule has 0 rings (SSSR count). The van der Waals surface area contributed by atoms with Gasteiger partial charge in [0.15, 0.2) is 0 Å². The van der Waals surface area contributed by atoms with Gasteiger partial charge in [-0.1, -0.05) is 0 Å². The summed E-state index contributed by atoms with van der Waals surface area (Å²) in [5, 5.41) is 0. The number of rotatable bonds is 8. The monoisotopic (exact) mass is 426 g/mol. The van der Waals surface area contributed by atoms with Crippen molar-refractivity contribution in [2.75, 3.05) is 0 Å². The first-order valence-corrected chi connectivity index (χ1v) is 22.4. The number of unbranched alkanes of at least 4 members (excludes halogenated alkanes) is 2. The first-order valence-electron chi connectivity index (χ1n) is 9.39. The molecular weight excluding hydrogens is 386 g/mol. The third-order valence-electron chi connectivity index (χ3n) is 4.61. The SMILES string of the molecule is CCCCC#C[Si](C)(C)/[C](=C(\CC)B(CC)CC)[Sn]([CH3])([CH3])[CH3]. The average Bonchev–Trinajstić information content (AvgIpc) is 2.42. The number of allylic oxidation sites excluding steroid dienone is 1. The molecule has 0 nitrogen and oxygen atoms in total. The maximum atomic E-state index is 3.80. The van der Waals surface area contributed by atoms with Crippen LogP contribution >= 0.6 is 0 Å². The fourth-order valence-electron chi connectivity index (χ4n) is 3.88. The van der Waals surface area contributed by atoms with Crippen LogP contribution in [0.1, 0.15) is 53.4 Å². The van der Waals surface area contributed by atoms with E-state index in [2.05, 4.69) is 67.1 Å². The molecule has 0 amide bonds. The van der Waals surface area contributed by atoms with Gasteiger partial charge in [-0.15, -0.1) is 0 Å². The van der Waals surface area contributed by atoms with E-state index in [1.807, 2.05) is 8.68 Å². The van der Waals surface area contributed by atoms with Gasteiger partial charge in [0.25, 0.3) is 0 Å². The molecule has 0 atom stereocenters. The van der Waals surface area contributed by atoms with Crippen LogP contribution in [-0.4, -0.2) is 33.2 Å². The first-order chi connectivity index (χ1) is 10.2. The van der Waals surface area contributed by atoms with Crippen molar-refractivity contribution in [1.29, 1.82) is 0 Å². The topological polar surface area (TPSA) is 0 Å². The van der Waals surface area contributed by atoms with Gasteiger partial charge in [-0.05, 0) is 0 Å². The normalized spacial score (nSPS) is 13.3. The van der Waals surface area contributed by atoms with E-state index >= 15 is 0 Å². The van der Waals surface area contributed by atoms with Gasteiger partial charge in [0.2, 0.25) is 0 Å². The standard InChI is InChI=1S/C16H30BSi.3CH3.Sn/c1-7-11-12-13-14-18(5,6)15-16(8-2)17(9-3)10-4;;;;/h7-12H2,1-6H3;3*1H3;. The molecule has 0 fully saturated rings. The van der Waals surface area contributed by atoms with Crippen molar-refractivity contribution in [2.24, 2.45) is 0 Å². The molecule has 0 radical (unpaired) electrons. The Morgan fingerprint density at radius 2 is 1.55 bits per heavy atom. The Balaban J connectivity index is 5.93. The molecule has 0 aliphatic carbocycles. The molecule has 22 heavy (non-hydrogen) atoms. The molecule has 0 unspecified atom stereocenters. The van der Waals surface area contributed by atoms with E-state index in [0.29, 0.717) is 0 Å². The molecule has 0 spiro atoms. The van der Waals surface area contributed by atoms with Gasteiger partial charge in [-0.2, -0.15) is 0 Å². The summed E-state index contributed by atoms with van der Waals surface area (Å²) < 4.78 is 1.93. The van der Waals surface area contributed by atoms with E-state index in [9.17, 15) is 0 Å². The number of hydrogen-bond donors (Lipinski definition) is 0.